The van der Waals surface area contributed by atoms with Crippen molar-refractivity contribution in [3.63, 3.8) is 0 Å². The Morgan fingerprint density at radius 2 is 2.25 bits per heavy atom. The van der Waals surface area contributed by atoms with Crippen molar-refractivity contribution in [2.24, 2.45) is 0 Å². The summed E-state index contributed by atoms with van der Waals surface area (Å²) >= 11 is 0. The predicted octanol–water partition coefficient (Wildman–Crippen LogP) is -0.457. The first-order chi connectivity index (χ1) is 5.33. The maximum Gasteiger partial charge on any atom is 0.305 e. The Kier molecular flexibility index (Phi) is 2.13. The minimum atomic E-state index is -3.21. The molecule has 0 aromatic carbocycles. The smallest absolute Gasteiger partial charge is 0.305 e. The summed E-state index contributed by atoms with van der Waals surface area (Å²) in [6, 6.07) is 0. The fraction of sp³-hybridized carbons (Fsp3) is 0.833. The molecule has 0 aromatic heterocycles. The van der Waals surface area contributed by atoms with Crippen molar-refractivity contribution in [1.82, 2.24) is 4.72 Å². The second-order valence-corrected chi connectivity index (χ2v) is 5.14. The van der Waals surface area contributed by atoms with Crippen LogP contribution >= 0.6 is 0 Å². The van der Waals surface area contributed by atoms with Gasteiger partial charge in [-0.1, -0.05) is 0 Å². The second-order valence-electron chi connectivity index (χ2n) is 3.30. The van der Waals surface area contributed by atoms with E-state index in [9.17, 15) is 13.2 Å². The highest BCUT2D eigenvalue weighted by atomic mass is 32.2. The van der Waals surface area contributed by atoms with Gasteiger partial charge in [0.15, 0.2) is 0 Å². The number of aliphatic carboxylic acids is 1. The summed E-state index contributed by atoms with van der Waals surface area (Å²) in [6.07, 6.45) is 0.202. The summed E-state index contributed by atoms with van der Waals surface area (Å²) < 4.78 is 24.2. The van der Waals surface area contributed by atoms with Crippen LogP contribution in [0.1, 0.15) is 19.8 Å². The number of carboxylic acid groups (broad SMARTS) is 1. The van der Waals surface area contributed by atoms with Gasteiger partial charge < -0.3 is 5.11 Å². The van der Waals surface area contributed by atoms with Crippen LogP contribution in [0.3, 0.4) is 0 Å². The van der Waals surface area contributed by atoms with Crippen molar-refractivity contribution in [1.29, 1.82) is 0 Å². The van der Waals surface area contributed by atoms with Crippen LogP contribution in [0.4, 0.5) is 0 Å². The zero-order chi connectivity index (χ0) is 9.41. The van der Waals surface area contributed by atoms with Gasteiger partial charge in [0.2, 0.25) is 10.0 Å². The standard InChI is InChI=1S/C6H11NO4S/c1-6(4-5(8)9)2-3-12(10,11)7-6/h7H,2-4H2,1H3,(H,8,9). The highest BCUT2D eigenvalue weighted by molar-refractivity contribution is 7.89. The third-order valence-electron chi connectivity index (χ3n) is 1.87. The molecule has 1 saturated heterocycles. The van der Waals surface area contributed by atoms with E-state index in [1.165, 1.54) is 0 Å². The molecule has 12 heavy (non-hydrogen) atoms. The van der Waals surface area contributed by atoms with Crippen LogP contribution in [0.2, 0.25) is 0 Å². The number of carboxylic acids is 1. The molecule has 2 N–H and O–H groups in total. The summed E-state index contributed by atoms with van der Waals surface area (Å²) in [4.78, 5) is 10.3. The van der Waals surface area contributed by atoms with Crippen LogP contribution in [-0.4, -0.2) is 30.8 Å². The lowest BCUT2D eigenvalue weighted by Crippen LogP contribution is -2.40. The van der Waals surface area contributed by atoms with E-state index >= 15 is 0 Å². The molecule has 0 aliphatic carbocycles. The van der Waals surface area contributed by atoms with Crippen LogP contribution in [0.15, 0.2) is 0 Å². The van der Waals surface area contributed by atoms with Crippen molar-refractivity contribution in [3.05, 3.63) is 0 Å². The van der Waals surface area contributed by atoms with Gasteiger partial charge in [0.1, 0.15) is 0 Å². The van der Waals surface area contributed by atoms with Gasteiger partial charge in [-0.2, -0.15) is 0 Å². The molecule has 0 aromatic rings. The molecule has 0 bridgehead atoms. The van der Waals surface area contributed by atoms with Gasteiger partial charge in [-0.3, -0.25) is 4.79 Å². The summed E-state index contributed by atoms with van der Waals surface area (Å²) in [7, 11) is -3.21. The Balaban J connectivity index is 2.71. The van der Waals surface area contributed by atoms with Crippen molar-refractivity contribution in [3.8, 4) is 0 Å². The molecule has 1 heterocycles. The number of hydrogen-bond acceptors (Lipinski definition) is 3. The SMILES string of the molecule is CC1(CC(=O)O)CCS(=O)(=O)N1. The second kappa shape index (κ2) is 2.70. The average molecular weight is 193 g/mol. The van der Waals surface area contributed by atoms with Crippen molar-refractivity contribution < 1.29 is 18.3 Å². The number of rotatable bonds is 2. The first-order valence-electron chi connectivity index (χ1n) is 3.56. The maximum absolute atomic E-state index is 10.9. The van der Waals surface area contributed by atoms with Gasteiger partial charge in [0.25, 0.3) is 0 Å². The molecule has 1 unspecified atom stereocenters. The molecule has 6 heteroatoms. The van der Waals surface area contributed by atoms with Crippen molar-refractivity contribution in [2.45, 2.75) is 25.3 Å². The fourth-order valence-electron chi connectivity index (χ4n) is 1.30. The van der Waals surface area contributed by atoms with Crippen LogP contribution in [0.5, 0.6) is 0 Å². The first-order valence-corrected chi connectivity index (χ1v) is 5.22. The molecule has 1 atom stereocenters. The Morgan fingerprint density at radius 1 is 1.67 bits per heavy atom. The van der Waals surface area contributed by atoms with Gasteiger partial charge in [0, 0.05) is 5.54 Å². The molecule has 0 radical (unpaired) electrons. The summed E-state index contributed by atoms with van der Waals surface area (Å²) in [5, 5.41) is 8.47. The van der Waals surface area contributed by atoms with Gasteiger partial charge in [-0.25, -0.2) is 13.1 Å². The van der Waals surface area contributed by atoms with E-state index < -0.39 is 21.5 Å². The minimum Gasteiger partial charge on any atom is -0.481 e. The molecule has 70 valence electrons. The third-order valence-corrected chi connectivity index (χ3v) is 3.41. The lowest BCUT2D eigenvalue weighted by atomic mass is 9.96. The van der Waals surface area contributed by atoms with Crippen LogP contribution in [0, 0.1) is 0 Å². The average Bonchev–Trinajstić information content (AvgIpc) is 2.03. The van der Waals surface area contributed by atoms with Gasteiger partial charge in [-0.15, -0.1) is 0 Å². The predicted molar refractivity (Wildman–Crippen MR) is 42.2 cm³/mol. The van der Waals surface area contributed by atoms with Crippen LogP contribution < -0.4 is 4.72 Å². The molecule has 1 fully saturated rings. The number of hydrogen-bond donors (Lipinski definition) is 2. The largest absolute Gasteiger partial charge is 0.481 e. The van der Waals surface area contributed by atoms with E-state index in [-0.39, 0.29) is 12.2 Å². The molecule has 0 saturated carbocycles. The maximum atomic E-state index is 10.9. The molecule has 1 aliphatic rings. The van der Waals surface area contributed by atoms with E-state index in [1.54, 1.807) is 6.92 Å². The fourth-order valence-corrected chi connectivity index (χ4v) is 3.04. The summed E-state index contributed by atoms with van der Waals surface area (Å²) in [6.45, 7) is 1.60. The summed E-state index contributed by atoms with van der Waals surface area (Å²) in [5.74, 6) is -0.960. The monoisotopic (exact) mass is 193 g/mol. The zero-order valence-corrected chi connectivity index (χ0v) is 7.52. The van der Waals surface area contributed by atoms with Crippen LogP contribution in [0.25, 0.3) is 0 Å². The normalized spacial score (nSPS) is 33.4. The number of sulfonamides is 1. The highest BCUT2D eigenvalue weighted by Gasteiger charge is 2.38. The van der Waals surface area contributed by atoms with Gasteiger partial charge in [0.05, 0.1) is 12.2 Å². The Labute approximate surface area is 70.8 Å². The Bertz CT molecular complexity index is 297. The number of nitrogens with one attached hydrogen (secondary N) is 1. The van der Waals surface area contributed by atoms with Crippen molar-refractivity contribution >= 4 is 16.0 Å². The minimum absolute atomic E-state index is 0.0246. The van der Waals surface area contributed by atoms with Gasteiger partial charge in [-0.05, 0) is 13.3 Å². The zero-order valence-electron chi connectivity index (χ0n) is 6.70. The van der Waals surface area contributed by atoms with E-state index in [0.29, 0.717) is 6.42 Å². The third kappa shape index (κ3) is 2.18. The van der Waals surface area contributed by atoms with Gasteiger partial charge >= 0.3 is 5.97 Å². The molecule has 0 spiro atoms. The summed E-state index contributed by atoms with van der Waals surface area (Å²) in [5.41, 5.74) is -0.787. The lowest BCUT2D eigenvalue weighted by Gasteiger charge is -2.19. The molecule has 0 amide bonds. The lowest BCUT2D eigenvalue weighted by molar-refractivity contribution is -0.138. The molecule has 5 nitrogen and oxygen atoms in total. The molecule has 1 rings (SSSR count). The Hall–Kier alpha value is -0.620. The quantitative estimate of drug-likeness (QED) is 0.621. The molecular formula is C6H11NO4S. The van der Waals surface area contributed by atoms with Crippen LogP contribution in [-0.2, 0) is 14.8 Å². The number of carbonyl (C=O) groups is 1. The van der Waals surface area contributed by atoms with E-state index in [0.717, 1.165) is 0 Å². The molecule has 1 aliphatic heterocycles. The molecular weight excluding hydrogens is 182 g/mol. The first kappa shape index (κ1) is 9.47. The van der Waals surface area contributed by atoms with E-state index in [2.05, 4.69) is 4.72 Å². The Morgan fingerprint density at radius 3 is 2.58 bits per heavy atom. The van der Waals surface area contributed by atoms with E-state index in [1.807, 2.05) is 0 Å². The van der Waals surface area contributed by atoms with Crippen molar-refractivity contribution in [2.75, 3.05) is 5.75 Å². The van der Waals surface area contributed by atoms with E-state index in [4.69, 9.17) is 5.11 Å². The highest BCUT2D eigenvalue weighted by Crippen LogP contribution is 2.23. The topological polar surface area (TPSA) is 83.5 Å².